The molecule has 30 heavy (non-hydrogen) atoms. The second-order valence-electron chi connectivity index (χ2n) is 8.35. The van der Waals surface area contributed by atoms with Crippen molar-refractivity contribution >= 4 is 16.6 Å². The number of hydrogen-bond donors (Lipinski definition) is 0. The normalized spacial score (nSPS) is 14.4. The van der Waals surface area contributed by atoms with Crippen LogP contribution < -0.4 is 4.74 Å². The lowest BCUT2D eigenvalue weighted by atomic mass is 9.87. The summed E-state index contributed by atoms with van der Waals surface area (Å²) in [5, 5.41) is 2.38. The van der Waals surface area contributed by atoms with Gasteiger partial charge < -0.3 is 4.74 Å². The van der Waals surface area contributed by atoms with Gasteiger partial charge in [-0.15, -0.1) is 0 Å². The third kappa shape index (κ3) is 2.53. The molecule has 0 aliphatic heterocycles. The van der Waals surface area contributed by atoms with E-state index in [1.54, 1.807) is 7.11 Å². The molecule has 5 aliphatic carbocycles. The molecule has 4 aromatic rings. The van der Waals surface area contributed by atoms with Crippen molar-refractivity contribution in [1.29, 1.82) is 0 Å². The summed E-state index contributed by atoms with van der Waals surface area (Å²) in [5.41, 5.74) is 9.01. The Kier molecular flexibility index (Phi) is 3.82. The van der Waals surface area contributed by atoms with Crippen LogP contribution in [0.15, 0.2) is 66.7 Å². The Morgan fingerprint density at radius 2 is 1.33 bits per heavy atom. The molecule has 146 valence electrons. The highest BCUT2D eigenvalue weighted by atomic mass is 16.5. The first kappa shape index (κ1) is 17.5. The molecule has 9 rings (SSSR count). The van der Waals surface area contributed by atoms with Gasteiger partial charge in [0, 0.05) is 11.1 Å². The van der Waals surface area contributed by atoms with Crippen molar-refractivity contribution < 1.29 is 9.53 Å². The highest BCUT2D eigenvalue weighted by Gasteiger charge is 2.30. The fourth-order valence-corrected chi connectivity index (χ4v) is 5.10. The van der Waals surface area contributed by atoms with Crippen LogP contribution in [0.2, 0.25) is 0 Å². The molecule has 4 bridgehead atoms. The number of aryl methyl sites for hydroxylation is 4. The van der Waals surface area contributed by atoms with Gasteiger partial charge in [-0.25, -0.2) is 0 Å². The Morgan fingerprint density at radius 1 is 0.667 bits per heavy atom. The summed E-state index contributed by atoms with van der Waals surface area (Å²) in [4.78, 5) is 13.6. The number of rotatable bonds is 1. The van der Waals surface area contributed by atoms with Gasteiger partial charge in [-0.3, -0.25) is 4.79 Å². The minimum atomic E-state index is 0.123. The Hall–Kier alpha value is -3.39. The van der Waals surface area contributed by atoms with Crippen LogP contribution in [0, 0.1) is 0 Å². The Labute approximate surface area is 176 Å². The molecule has 0 amide bonds. The van der Waals surface area contributed by atoms with Gasteiger partial charge in [0.25, 0.3) is 0 Å². The summed E-state index contributed by atoms with van der Waals surface area (Å²) >= 11 is 0. The van der Waals surface area contributed by atoms with Crippen molar-refractivity contribution in [3.8, 4) is 16.9 Å². The molecule has 0 radical (unpaired) electrons. The quantitative estimate of drug-likeness (QED) is 0.354. The number of methoxy groups -OCH3 is 1. The van der Waals surface area contributed by atoms with Crippen molar-refractivity contribution in [1.82, 2.24) is 0 Å². The van der Waals surface area contributed by atoms with Crippen molar-refractivity contribution in [2.75, 3.05) is 7.11 Å². The van der Waals surface area contributed by atoms with E-state index in [9.17, 15) is 4.79 Å². The molecule has 0 heterocycles. The van der Waals surface area contributed by atoms with Gasteiger partial charge in [0.15, 0.2) is 5.78 Å². The van der Waals surface area contributed by atoms with E-state index in [0.29, 0.717) is 0 Å². The predicted molar refractivity (Wildman–Crippen MR) is 121 cm³/mol. The van der Waals surface area contributed by atoms with E-state index in [-0.39, 0.29) is 5.78 Å². The van der Waals surface area contributed by atoms with Crippen molar-refractivity contribution in [2.24, 2.45) is 0 Å². The van der Waals surface area contributed by atoms with E-state index in [2.05, 4.69) is 48.5 Å². The van der Waals surface area contributed by atoms with E-state index < -0.39 is 0 Å². The zero-order chi connectivity index (χ0) is 20.2. The topological polar surface area (TPSA) is 26.3 Å². The first-order valence-corrected chi connectivity index (χ1v) is 10.6. The number of hydrogen-bond acceptors (Lipinski definition) is 2. The molecule has 0 saturated heterocycles. The molecule has 5 aliphatic rings. The zero-order valence-electron chi connectivity index (χ0n) is 17.0. The molecule has 0 unspecified atom stereocenters. The van der Waals surface area contributed by atoms with Crippen molar-refractivity contribution in [2.45, 2.75) is 25.7 Å². The predicted octanol–water partition coefficient (Wildman–Crippen LogP) is 5.94. The molecular formula is C28H22O2. The highest BCUT2D eigenvalue weighted by molar-refractivity contribution is 6.28. The van der Waals surface area contributed by atoms with Crippen LogP contribution in [-0.2, 0) is 25.7 Å². The fraction of sp³-hybridized carbons (Fsp3) is 0.179. The first-order chi connectivity index (χ1) is 14.7. The summed E-state index contributed by atoms with van der Waals surface area (Å²) in [6.07, 6.45) is 3.90. The summed E-state index contributed by atoms with van der Waals surface area (Å²) in [7, 11) is 1.64. The molecule has 2 nitrogen and oxygen atoms in total. The lowest BCUT2D eigenvalue weighted by Crippen LogP contribution is -2.04. The lowest BCUT2D eigenvalue weighted by Gasteiger charge is -2.16. The molecule has 0 atom stereocenters. The number of fused-ring (bicyclic) bond motifs is 3. The standard InChI is InChI=1S/C28H22O2/c1-30-21-12-13-23-24-15-14-22-19-8-6-17-2-4-18(5-3-17)7-9-20(11-10-19)26(22)27(24)28(29)25(23)16-21/h2-5,10-16H,6-9H2,1H3. The molecule has 0 aromatic heterocycles. The molecule has 0 spiro atoms. The van der Waals surface area contributed by atoms with Crippen LogP contribution in [-0.4, -0.2) is 12.9 Å². The summed E-state index contributed by atoms with van der Waals surface area (Å²) < 4.78 is 5.38. The number of carbonyl (C=O) groups excluding carboxylic acids is 1. The van der Waals surface area contributed by atoms with Gasteiger partial charge in [-0.2, -0.15) is 0 Å². The number of ketones is 1. The second kappa shape index (κ2) is 6.56. The van der Waals surface area contributed by atoms with Crippen molar-refractivity contribution in [3.05, 3.63) is 100 Å². The first-order valence-electron chi connectivity index (χ1n) is 10.6. The van der Waals surface area contributed by atoms with E-state index >= 15 is 0 Å². The SMILES string of the molecule is COc1ccc2c(c1)C(=O)c1c-2ccc2c3ccc(c12)CCc1ccc(cc1)CC3. The van der Waals surface area contributed by atoms with Crippen LogP contribution in [0.3, 0.4) is 0 Å². The Balaban J connectivity index is 1.60. The van der Waals surface area contributed by atoms with Gasteiger partial charge >= 0.3 is 0 Å². The molecule has 2 heteroatoms. The van der Waals surface area contributed by atoms with Crippen LogP contribution in [0.1, 0.15) is 38.2 Å². The van der Waals surface area contributed by atoms with Crippen LogP contribution in [0.5, 0.6) is 5.75 Å². The second-order valence-corrected chi connectivity index (χ2v) is 8.35. The van der Waals surface area contributed by atoms with E-state index in [0.717, 1.165) is 59.1 Å². The Bertz CT molecular complexity index is 1330. The minimum absolute atomic E-state index is 0.123. The molecule has 0 saturated carbocycles. The Morgan fingerprint density at radius 3 is 2.07 bits per heavy atom. The van der Waals surface area contributed by atoms with Crippen LogP contribution in [0.25, 0.3) is 21.9 Å². The molecule has 0 fully saturated rings. The van der Waals surface area contributed by atoms with Gasteiger partial charge in [-0.05, 0) is 88.0 Å². The van der Waals surface area contributed by atoms with Crippen LogP contribution in [0.4, 0.5) is 0 Å². The fourth-order valence-electron chi connectivity index (χ4n) is 5.10. The maximum absolute atomic E-state index is 13.6. The zero-order valence-corrected chi connectivity index (χ0v) is 17.0. The van der Waals surface area contributed by atoms with Crippen LogP contribution >= 0.6 is 0 Å². The summed E-state index contributed by atoms with van der Waals surface area (Å²) in [6.45, 7) is 0. The monoisotopic (exact) mass is 390 g/mol. The van der Waals surface area contributed by atoms with Gasteiger partial charge in [0.05, 0.1) is 7.11 Å². The summed E-state index contributed by atoms with van der Waals surface area (Å²) in [5.74, 6) is 0.851. The number of carbonyl (C=O) groups is 1. The molecular weight excluding hydrogens is 368 g/mol. The van der Waals surface area contributed by atoms with Gasteiger partial charge in [0.1, 0.15) is 5.75 Å². The van der Waals surface area contributed by atoms with Crippen molar-refractivity contribution in [3.63, 3.8) is 0 Å². The largest absolute Gasteiger partial charge is 0.497 e. The van der Waals surface area contributed by atoms with E-state index in [1.807, 2.05) is 18.2 Å². The third-order valence-corrected chi connectivity index (χ3v) is 6.74. The smallest absolute Gasteiger partial charge is 0.195 e. The lowest BCUT2D eigenvalue weighted by molar-refractivity contribution is 0.104. The average Bonchev–Trinajstić information content (AvgIpc) is 3.07. The number of benzene rings is 4. The average molecular weight is 390 g/mol. The van der Waals surface area contributed by atoms with E-state index in [1.165, 1.54) is 27.6 Å². The molecule has 4 aromatic carbocycles. The maximum atomic E-state index is 13.6. The van der Waals surface area contributed by atoms with E-state index in [4.69, 9.17) is 4.74 Å². The highest BCUT2D eigenvalue weighted by Crippen LogP contribution is 2.43. The number of ether oxygens (including phenoxy) is 1. The maximum Gasteiger partial charge on any atom is 0.195 e. The third-order valence-electron chi connectivity index (χ3n) is 6.74. The van der Waals surface area contributed by atoms with Gasteiger partial charge in [-0.1, -0.05) is 48.5 Å². The summed E-state index contributed by atoms with van der Waals surface area (Å²) in [6, 6.07) is 23.8. The minimum Gasteiger partial charge on any atom is -0.497 e. The van der Waals surface area contributed by atoms with Gasteiger partial charge in [0.2, 0.25) is 0 Å². The molecule has 0 N–H and O–H groups in total.